The molecule has 0 spiro atoms. The predicted molar refractivity (Wildman–Crippen MR) is 111 cm³/mol. The van der Waals surface area contributed by atoms with E-state index in [4.69, 9.17) is 0 Å². The first kappa shape index (κ1) is 18.5. The maximum atomic E-state index is 12.7. The third-order valence-electron chi connectivity index (χ3n) is 5.08. The van der Waals surface area contributed by atoms with Gasteiger partial charge >= 0.3 is 0 Å². The highest BCUT2D eigenvalue weighted by Gasteiger charge is 2.26. The summed E-state index contributed by atoms with van der Waals surface area (Å²) in [7, 11) is 0. The Morgan fingerprint density at radius 1 is 1.33 bits per heavy atom. The van der Waals surface area contributed by atoms with Gasteiger partial charge in [0, 0.05) is 21.9 Å². The van der Waals surface area contributed by atoms with Crippen molar-refractivity contribution in [3.05, 3.63) is 46.2 Å². The van der Waals surface area contributed by atoms with Crippen LogP contribution in [0.15, 0.2) is 40.6 Å². The van der Waals surface area contributed by atoms with E-state index >= 15 is 0 Å². The molecule has 142 valence electrons. The Morgan fingerprint density at radius 3 is 2.89 bits per heavy atom. The summed E-state index contributed by atoms with van der Waals surface area (Å²) in [5.41, 5.74) is 1.31. The summed E-state index contributed by atoms with van der Waals surface area (Å²) in [5, 5.41) is 7.97. The fourth-order valence-corrected chi connectivity index (χ4v) is 5.38. The summed E-state index contributed by atoms with van der Waals surface area (Å²) in [5.74, 6) is -0.117. The van der Waals surface area contributed by atoms with Crippen LogP contribution in [0.4, 0.5) is 5.69 Å². The van der Waals surface area contributed by atoms with E-state index in [1.165, 1.54) is 29.5 Å². The molecule has 3 heterocycles. The van der Waals surface area contributed by atoms with Gasteiger partial charge in [-0.15, -0.1) is 23.1 Å². The van der Waals surface area contributed by atoms with Crippen molar-refractivity contribution in [2.45, 2.75) is 36.0 Å². The minimum atomic E-state index is -0.107. The van der Waals surface area contributed by atoms with Gasteiger partial charge in [-0.2, -0.15) is 0 Å². The van der Waals surface area contributed by atoms with E-state index in [2.05, 4.69) is 33.0 Å². The minimum absolute atomic E-state index is 0.0168. The molecule has 2 aliphatic rings. The second-order valence-electron chi connectivity index (χ2n) is 6.94. The SMILES string of the molecule is C[C@@H]1Sc2ccc(C(=O)NC[C@@H](c3cccs3)N3CCCC3)cc2NC1=O. The molecule has 1 saturated heterocycles. The van der Waals surface area contributed by atoms with Crippen LogP contribution in [-0.4, -0.2) is 41.6 Å². The van der Waals surface area contributed by atoms with Crippen molar-refractivity contribution in [3.63, 3.8) is 0 Å². The summed E-state index contributed by atoms with van der Waals surface area (Å²) in [6.07, 6.45) is 2.44. The van der Waals surface area contributed by atoms with Gasteiger partial charge in [0.05, 0.1) is 17.0 Å². The zero-order valence-corrected chi connectivity index (χ0v) is 16.9. The average molecular weight is 402 g/mol. The monoisotopic (exact) mass is 401 g/mol. The van der Waals surface area contributed by atoms with Crippen molar-refractivity contribution in [1.29, 1.82) is 0 Å². The first-order valence-corrected chi connectivity index (χ1v) is 11.0. The first-order chi connectivity index (χ1) is 13.1. The van der Waals surface area contributed by atoms with Crippen LogP contribution < -0.4 is 10.6 Å². The molecular weight excluding hydrogens is 378 g/mol. The lowest BCUT2D eigenvalue weighted by atomic mass is 10.1. The molecule has 0 radical (unpaired) electrons. The molecule has 0 unspecified atom stereocenters. The van der Waals surface area contributed by atoms with Crippen molar-refractivity contribution in [3.8, 4) is 0 Å². The Bertz CT molecular complexity index is 832. The molecule has 4 rings (SSSR count). The fourth-order valence-electron chi connectivity index (χ4n) is 3.59. The Hall–Kier alpha value is -1.83. The van der Waals surface area contributed by atoms with Gasteiger partial charge in [0.1, 0.15) is 0 Å². The summed E-state index contributed by atoms with van der Waals surface area (Å²) in [6, 6.07) is 9.97. The molecule has 2 N–H and O–H groups in total. The number of nitrogens with zero attached hydrogens (tertiary/aromatic N) is 1. The van der Waals surface area contributed by atoms with Crippen molar-refractivity contribution in [2.24, 2.45) is 0 Å². The van der Waals surface area contributed by atoms with Crippen LogP contribution in [0.1, 0.15) is 41.0 Å². The second-order valence-corrected chi connectivity index (χ2v) is 9.31. The van der Waals surface area contributed by atoms with Crippen LogP contribution in [0.3, 0.4) is 0 Å². The molecule has 2 amide bonds. The highest BCUT2D eigenvalue weighted by atomic mass is 32.2. The molecule has 0 saturated carbocycles. The molecule has 2 atom stereocenters. The molecule has 0 aliphatic carbocycles. The fraction of sp³-hybridized carbons (Fsp3) is 0.400. The van der Waals surface area contributed by atoms with E-state index < -0.39 is 0 Å². The quantitative estimate of drug-likeness (QED) is 0.801. The molecule has 0 bridgehead atoms. The van der Waals surface area contributed by atoms with E-state index in [1.54, 1.807) is 17.4 Å². The van der Waals surface area contributed by atoms with Crippen LogP contribution >= 0.6 is 23.1 Å². The van der Waals surface area contributed by atoms with Gasteiger partial charge in [0.25, 0.3) is 5.91 Å². The van der Waals surface area contributed by atoms with Crippen molar-refractivity contribution < 1.29 is 9.59 Å². The number of likely N-dealkylation sites (tertiary alicyclic amines) is 1. The maximum absolute atomic E-state index is 12.7. The summed E-state index contributed by atoms with van der Waals surface area (Å²) < 4.78 is 0. The van der Waals surface area contributed by atoms with Crippen molar-refractivity contribution in [2.75, 3.05) is 25.0 Å². The number of thioether (sulfide) groups is 1. The molecule has 27 heavy (non-hydrogen) atoms. The van der Waals surface area contributed by atoms with E-state index in [9.17, 15) is 9.59 Å². The number of benzene rings is 1. The van der Waals surface area contributed by atoms with Gasteiger partial charge < -0.3 is 10.6 Å². The van der Waals surface area contributed by atoms with Crippen molar-refractivity contribution >= 4 is 40.6 Å². The van der Waals surface area contributed by atoms with Crippen LogP contribution in [0.5, 0.6) is 0 Å². The number of thiophene rings is 1. The van der Waals surface area contributed by atoms with Gasteiger partial charge in [-0.3, -0.25) is 14.5 Å². The topological polar surface area (TPSA) is 61.4 Å². The molecule has 1 aromatic carbocycles. The van der Waals surface area contributed by atoms with Crippen LogP contribution in [-0.2, 0) is 4.79 Å². The largest absolute Gasteiger partial charge is 0.350 e. The lowest BCUT2D eigenvalue weighted by molar-refractivity contribution is -0.115. The normalized spacial score (nSPS) is 20.8. The van der Waals surface area contributed by atoms with Gasteiger partial charge in [0.2, 0.25) is 5.91 Å². The zero-order valence-electron chi connectivity index (χ0n) is 15.2. The summed E-state index contributed by atoms with van der Waals surface area (Å²) in [6.45, 7) is 4.64. The van der Waals surface area contributed by atoms with E-state index in [0.29, 0.717) is 12.1 Å². The third kappa shape index (κ3) is 4.05. The van der Waals surface area contributed by atoms with Crippen LogP contribution in [0, 0.1) is 0 Å². The highest BCUT2D eigenvalue weighted by Crippen LogP contribution is 2.36. The van der Waals surface area contributed by atoms with Gasteiger partial charge in [0.15, 0.2) is 0 Å². The van der Waals surface area contributed by atoms with Gasteiger partial charge in [-0.25, -0.2) is 0 Å². The standard InChI is InChI=1S/C20H23N3O2S2/c1-13-19(24)22-15-11-14(6-7-17(15)27-13)20(25)21-12-16(18-5-4-10-26-18)23-8-2-3-9-23/h4-7,10-11,13,16H,2-3,8-9,12H2,1H3,(H,21,25)(H,22,24)/t13-,16-/m0/s1. The second kappa shape index (κ2) is 8.04. The van der Waals surface area contributed by atoms with Crippen LogP contribution in [0.25, 0.3) is 0 Å². The van der Waals surface area contributed by atoms with E-state index in [0.717, 1.165) is 23.7 Å². The average Bonchev–Trinajstić information content (AvgIpc) is 3.37. The van der Waals surface area contributed by atoms with E-state index in [1.807, 2.05) is 19.1 Å². The number of carbonyl (C=O) groups excluding carboxylic acids is 2. The number of anilines is 1. The molecule has 5 nitrogen and oxygen atoms in total. The lowest BCUT2D eigenvalue weighted by Crippen LogP contribution is -2.36. The molecule has 1 fully saturated rings. The lowest BCUT2D eigenvalue weighted by Gasteiger charge is -2.27. The third-order valence-corrected chi connectivity index (χ3v) is 7.23. The van der Waals surface area contributed by atoms with Crippen LogP contribution in [0.2, 0.25) is 0 Å². The number of amides is 2. The summed E-state index contributed by atoms with van der Waals surface area (Å²) in [4.78, 5) is 29.4. The number of hydrogen-bond donors (Lipinski definition) is 2. The number of hydrogen-bond acceptors (Lipinski definition) is 5. The Balaban J connectivity index is 1.45. The predicted octanol–water partition coefficient (Wildman–Crippen LogP) is 3.75. The first-order valence-electron chi connectivity index (χ1n) is 9.29. The number of rotatable bonds is 5. The zero-order chi connectivity index (χ0) is 18.8. The molecule has 2 aliphatic heterocycles. The number of carbonyl (C=O) groups is 2. The van der Waals surface area contributed by atoms with Gasteiger partial charge in [-0.1, -0.05) is 6.07 Å². The molecule has 2 aromatic rings. The highest BCUT2D eigenvalue weighted by molar-refractivity contribution is 8.00. The Labute approximate surface area is 167 Å². The van der Waals surface area contributed by atoms with Gasteiger partial charge in [-0.05, 0) is 62.5 Å². The number of fused-ring (bicyclic) bond motifs is 1. The van der Waals surface area contributed by atoms with Crippen molar-refractivity contribution in [1.82, 2.24) is 10.2 Å². The number of nitrogens with one attached hydrogen (secondary N) is 2. The Kier molecular flexibility index (Phi) is 5.52. The minimum Gasteiger partial charge on any atom is -0.350 e. The molecule has 1 aromatic heterocycles. The van der Waals surface area contributed by atoms with E-state index in [-0.39, 0.29) is 23.1 Å². The maximum Gasteiger partial charge on any atom is 0.251 e. The Morgan fingerprint density at radius 2 is 2.15 bits per heavy atom. The summed E-state index contributed by atoms with van der Waals surface area (Å²) >= 11 is 3.27. The molecule has 7 heteroatoms. The smallest absolute Gasteiger partial charge is 0.251 e. The molecular formula is C20H23N3O2S2.